The van der Waals surface area contributed by atoms with Crippen LogP contribution in [0.15, 0.2) is 0 Å². The highest BCUT2D eigenvalue weighted by atomic mass is 16.6. The van der Waals surface area contributed by atoms with Gasteiger partial charge in [0.15, 0.2) is 0 Å². The van der Waals surface area contributed by atoms with Gasteiger partial charge in [0.2, 0.25) is 0 Å². The zero-order valence-corrected chi connectivity index (χ0v) is 22.2. The van der Waals surface area contributed by atoms with Crippen molar-refractivity contribution in [1.29, 1.82) is 5.26 Å². The van der Waals surface area contributed by atoms with Crippen molar-refractivity contribution in [3.63, 3.8) is 0 Å². The van der Waals surface area contributed by atoms with Crippen LogP contribution in [-0.2, 0) is 19.1 Å². The van der Waals surface area contributed by atoms with Crippen LogP contribution < -0.4 is 0 Å². The second-order valence-electron chi connectivity index (χ2n) is 13.8. The Bertz CT molecular complexity index is 781. The van der Waals surface area contributed by atoms with Gasteiger partial charge in [0.1, 0.15) is 11.2 Å². The summed E-state index contributed by atoms with van der Waals surface area (Å²) >= 11 is 0. The monoisotopic (exact) mass is 459 g/mol. The zero-order chi connectivity index (χ0) is 24.9. The number of nitrogens with zero attached hydrogens (tertiary/aromatic N) is 1. The number of esters is 2. The van der Waals surface area contributed by atoms with Gasteiger partial charge in [-0.05, 0) is 124 Å². The number of nitriles is 1. The third kappa shape index (κ3) is 5.75. The molecule has 4 rings (SSSR count). The van der Waals surface area contributed by atoms with Crippen LogP contribution in [0.4, 0.5) is 0 Å². The molecule has 5 heteroatoms. The van der Waals surface area contributed by atoms with Crippen molar-refractivity contribution in [2.24, 2.45) is 34.0 Å². The first-order valence-electron chi connectivity index (χ1n) is 12.9. The van der Waals surface area contributed by atoms with Gasteiger partial charge in [-0.15, -0.1) is 0 Å². The van der Waals surface area contributed by atoms with Gasteiger partial charge >= 0.3 is 11.9 Å². The van der Waals surface area contributed by atoms with Crippen LogP contribution in [0.2, 0.25) is 0 Å². The largest absolute Gasteiger partial charge is 0.460 e. The van der Waals surface area contributed by atoms with Crippen LogP contribution in [0.5, 0.6) is 0 Å². The number of ether oxygens (including phenoxy) is 2. The molecule has 0 radical (unpaired) electrons. The van der Waals surface area contributed by atoms with Gasteiger partial charge < -0.3 is 9.47 Å². The summed E-state index contributed by atoms with van der Waals surface area (Å²) in [5.41, 5.74) is -3.46. The third-order valence-electron chi connectivity index (χ3n) is 8.37. The first-order chi connectivity index (χ1) is 15.0. The van der Waals surface area contributed by atoms with Crippen molar-refractivity contribution < 1.29 is 19.1 Å². The fraction of sp³-hybridized carbons (Fsp3) is 0.893. The van der Waals surface area contributed by atoms with E-state index in [0.29, 0.717) is 37.0 Å². The molecule has 33 heavy (non-hydrogen) atoms. The Hall–Kier alpha value is -1.57. The zero-order valence-electron chi connectivity index (χ0n) is 22.2. The molecule has 0 aromatic rings. The molecule has 0 heterocycles. The molecule has 0 saturated heterocycles. The summed E-state index contributed by atoms with van der Waals surface area (Å²) in [7, 11) is 0. The Balaban J connectivity index is 1.83. The molecule has 4 aliphatic carbocycles. The van der Waals surface area contributed by atoms with E-state index in [2.05, 4.69) is 6.07 Å². The van der Waals surface area contributed by atoms with Gasteiger partial charge in [-0.1, -0.05) is 6.92 Å². The lowest BCUT2D eigenvalue weighted by molar-refractivity contribution is -0.199. The van der Waals surface area contributed by atoms with Crippen LogP contribution >= 0.6 is 0 Å². The standard InChI is InChI=1S/C28H45NO4/c1-9-26(7,17-27(8,16-25(5,6)18-29)23(31)32-24(2,3)4)22(30)33-28-13-19-10-20(14-28)12-21(11-19)15-28/h19-21H,9-17H2,1-8H3. The van der Waals surface area contributed by atoms with Gasteiger partial charge in [0, 0.05) is 0 Å². The first-order valence-corrected chi connectivity index (χ1v) is 12.9. The Labute approximate surface area is 201 Å². The number of hydrogen-bond donors (Lipinski definition) is 0. The highest BCUT2D eigenvalue weighted by Crippen LogP contribution is 2.58. The molecule has 4 aliphatic rings. The number of rotatable bonds is 8. The molecule has 0 spiro atoms. The van der Waals surface area contributed by atoms with Gasteiger partial charge in [-0.2, -0.15) is 5.26 Å². The Morgan fingerprint density at radius 3 is 1.73 bits per heavy atom. The second-order valence-corrected chi connectivity index (χ2v) is 13.8. The summed E-state index contributed by atoms with van der Waals surface area (Å²) < 4.78 is 12.2. The minimum Gasteiger partial charge on any atom is -0.460 e. The lowest BCUT2D eigenvalue weighted by atomic mass is 9.54. The normalized spacial score (nSPS) is 32.4. The predicted molar refractivity (Wildman–Crippen MR) is 128 cm³/mol. The van der Waals surface area contributed by atoms with E-state index in [-0.39, 0.29) is 17.5 Å². The summed E-state index contributed by atoms with van der Waals surface area (Å²) in [6.45, 7) is 15.0. The van der Waals surface area contributed by atoms with E-state index in [1.54, 1.807) is 0 Å². The number of hydrogen-bond acceptors (Lipinski definition) is 5. The molecule has 186 valence electrons. The quantitative estimate of drug-likeness (QED) is 0.383. The summed E-state index contributed by atoms with van der Waals surface area (Å²) in [6.07, 6.45) is 8.07. The molecule has 0 N–H and O–H groups in total. The molecule has 0 aromatic heterocycles. The molecule has 0 amide bonds. The van der Waals surface area contributed by atoms with E-state index in [9.17, 15) is 14.9 Å². The maximum Gasteiger partial charge on any atom is 0.312 e. The van der Waals surface area contributed by atoms with Gasteiger partial charge in [-0.25, -0.2) is 0 Å². The molecule has 0 aromatic carbocycles. The van der Waals surface area contributed by atoms with Crippen molar-refractivity contribution >= 4 is 11.9 Å². The molecular weight excluding hydrogens is 414 g/mol. The van der Waals surface area contributed by atoms with E-state index in [1.807, 2.05) is 55.4 Å². The SMILES string of the molecule is CCC(C)(CC(C)(CC(C)(C)C#N)C(=O)OC(C)(C)C)C(=O)OC12CC3CC(CC(C3)C1)C2. The van der Waals surface area contributed by atoms with Crippen LogP contribution in [0, 0.1) is 45.3 Å². The van der Waals surface area contributed by atoms with E-state index in [4.69, 9.17) is 9.47 Å². The third-order valence-corrected chi connectivity index (χ3v) is 8.37. The summed E-state index contributed by atoms with van der Waals surface area (Å²) in [4.78, 5) is 27.2. The topological polar surface area (TPSA) is 76.4 Å². The van der Waals surface area contributed by atoms with Crippen molar-refractivity contribution in [1.82, 2.24) is 0 Å². The molecule has 4 bridgehead atoms. The average Bonchev–Trinajstić information content (AvgIpc) is 2.64. The molecular formula is C28H45NO4. The van der Waals surface area contributed by atoms with Crippen LogP contribution in [0.1, 0.15) is 113 Å². The Morgan fingerprint density at radius 2 is 1.33 bits per heavy atom. The Morgan fingerprint density at radius 1 is 0.848 bits per heavy atom. The maximum absolute atomic E-state index is 13.8. The molecule has 5 nitrogen and oxygen atoms in total. The minimum atomic E-state index is -0.974. The molecule has 2 unspecified atom stereocenters. The summed E-state index contributed by atoms with van der Waals surface area (Å²) in [5.74, 6) is 1.55. The molecule has 4 saturated carbocycles. The maximum atomic E-state index is 13.8. The van der Waals surface area contributed by atoms with Gasteiger partial charge in [0.05, 0.1) is 22.3 Å². The molecule has 0 aliphatic heterocycles. The smallest absolute Gasteiger partial charge is 0.312 e. The van der Waals surface area contributed by atoms with Crippen molar-refractivity contribution in [3.8, 4) is 6.07 Å². The average molecular weight is 460 g/mol. The summed E-state index contributed by atoms with van der Waals surface area (Å²) in [6, 6.07) is 2.33. The number of carbonyl (C=O) groups excluding carboxylic acids is 2. The van der Waals surface area contributed by atoms with Crippen molar-refractivity contribution in [2.45, 2.75) is 124 Å². The fourth-order valence-corrected chi connectivity index (χ4v) is 7.30. The van der Waals surface area contributed by atoms with Crippen molar-refractivity contribution in [2.75, 3.05) is 0 Å². The lowest BCUT2D eigenvalue weighted by Gasteiger charge is -2.56. The minimum absolute atomic E-state index is 0.184. The van der Waals surface area contributed by atoms with E-state index < -0.39 is 21.8 Å². The van der Waals surface area contributed by atoms with Crippen LogP contribution in [0.3, 0.4) is 0 Å². The Kier molecular flexibility index (Phi) is 6.77. The molecule has 2 atom stereocenters. The van der Waals surface area contributed by atoms with E-state index in [0.717, 1.165) is 19.3 Å². The highest BCUT2D eigenvalue weighted by Gasteiger charge is 2.55. The van der Waals surface area contributed by atoms with E-state index in [1.165, 1.54) is 19.3 Å². The fourth-order valence-electron chi connectivity index (χ4n) is 7.30. The van der Waals surface area contributed by atoms with Gasteiger partial charge in [-0.3, -0.25) is 9.59 Å². The van der Waals surface area contributed by atoms with Gasteiger partial charge in [0.25, 0.3) is 0 Å². The second kappa shape index (κ2) is 8.58. The first kappa shape index (κ1) is 26.0. The molecule has 4 fully saturated rings. The van der Waals surface area contributed by atoms with Crippen molar-refractivity contribution in [3.05, 3.63) is 0 Å². The van der Waals surface area contributed by atoms with E-state index >= 15 is 0 Å². The predicted octanol–water partition coefficient (Wildman–Crippen LogP) is 6.59. The summed E-state index contributed by atoms with van der Waals surface area (Å²) in [5, 5.41) is 9.69. The highest BCUT2D eigenvalue weighted by molar-refractivity contribution is 5.81. The lowest BCUT2D eigenvalue weighted by Crippen LogP contribution is -2.54. The number of carbonyl (C=O) groups is 2. The van der Waals surface area contributed by atoms with Crippen LogP contribution in [-0.4, -0.2) is 23.1 Å². The van der Waals surface area contributed by atoms with Crippen LogP contribution in [0.25, 0.3) is 0 Å².